The molecule has 0 heterocycles. The van der Waals surface area contributed by atoms with E-state index in [-0.39, 0.29) is 283 Å². The Labute approximate surface area is 273 Å². The van der Waals surface area contributed by atoms with E-state index in [1.807, 2.05) is 0 Å². The molecule has 0 saturated carbocycles. The smallest absolute Gasteiger partial charge is 2.00 e. The van der Waals surface area contributed by atoms with E-state index in [4.69, 9.17) is 0 Å². The molecule has 0 aromatic heterocycles. The molecule has 0 atom stereocenters. The van der Waals surface area contributed by atoms with Crippen molar-refractivity contribution in [1.29, 1.82) is 0 Å². The number of hydrogen-bond donors (Lipinski definition) is 0. The Balaban J connectivity index is 0. The molecule has 0 spiro atoms. The van der Waals surface area contributed by atoms with Gasteiger partial charge in [-0.15, -0.1) is 0 Å². The molecule has 50 valence electrons. The third-order valence-corrected chi connectivity index (χ3v) is 0. The van der Waals surface area contributed by atoms with Gasteiger partial charge in [-0.25, -0.2) is 0 Å². The van der Waals surface area contributed by atoms with Crippen molar-refractivity contribution in [1.82, 2.24) is 0 Å². The van der Waals surface area contributed by atoms with Crippen molar-refractivity contribution in [3.8, 4) is 0 Å². The summed E-state index contributed by atoms with van der Waals surface area (Å²) in [5.74, 6) is 0. The minimum atomic E-state index is 0. The Morgan fingerprint density at radius 3 is 0.556 bits per heavy atom. The van der Waals surface area contributed by atoms with Crippen LogP contribution < -0.4 is 0 Å². The second kappa shape index (κ2) is 55.1. The Hall–Kier alpha value is 8.43. The third-order valence-electron chi connectivity index (χ3n) is 0. The Kier molecular flexibility index (Phi) is 405. The van der Waals surface area contributed by atoms with Gasteiger partial charge >= 0.3 is 178 Å². The zero-order valence-corrected chi connectivity index (χ0v) is 24.0. The van der Waals surface area contributed by atoms with Gasteiger partial charge in [0.15, 0.2) is 0 Å². The standard InChI is InChI=1S/2Ba.2Ce.2Gd.3O.4H/q2*+2;;;2*+3;3*-2;4*-1. The number of rotatable bonds is 0. The van der Waals surface area contributed by atoms with E-state index in [2.05, 4.69) is 0 Å². The molecule has 0 aromatic carbocycles. The van der Waals surface area contributed by atoms with Gasteiger partial charge in [0.05, 0.1) is 0 Å². The summed E-state index contributed by atoms with van der Waals surface area (Å²) in [7, 11) is 0. The van der Waals surface area contributed by atoms with E-state index >= 15 is 0 Å². The summed E-state index contributed by atoms with van der Waals surface area (Å²) in [6.45, 7) is 0. The predicted molar refractivity (Wildman–Crippen MR) is 18.0 cm³/mol. The largest absolute Gasteiger partial charge is 3.00 e. The van der Waals surface area contributed by atoms with Crippen molar-refractivity contribution in [3.63, 3.8) is 0 Å². The van der Waals surface area contributed by atoms with Gasteiger partial charge in [0.1, 0.15) is 0 Å². The van der Waals surface area contributed by atoms with Crippen LogP contribution in [0.4, 0.5) is 0 Å². The van der Waals surface area contributed by atoms with Gasteiger partial charge in [0.2, 0.25) is 0 Å². The fourth-order valence-corrected chi connectivity index (χ4v) is 0. The van der Waals surface area contributed by atoms with E-state index in [1.165, 1.54) is 0 Å². The molecule has 3 nitrogen and oxygen atoms in total. The van der Waals surface area contributed by atoms with E-state index in [1.54, 1.807) is 0 Å². The summed E-state index contributed by atoms with van der Waals surface area (Å²) in [5, 5.41) is 0. The Bertz CT molecular complexity index is 29.4. The molecule has 9 heteroatoms. The van der Waals surface area contributed by atoms with Gasteiger partial charge in [-0.1, -0.05) is 0 Å². The van der Waals surface area contributed by atoms with Crippen LogP contribution in [-0.4, -0.2) is 97.8 Å². The van der Waals surface area contributed by atoms with Crippen molar-refractivity contribution < 1.29 is 186 Å². The monoisotopic (exact) mass is 923 g/mol. The summed E-state index contributed by atoms with van der Waals surface area (Å²) in [6, 6.07) is 0. The van der Waals surface area contributed by atoms with Crippen LogP contribution in [0.2, 0.25) is 0 Å². The Morgan fingerprint density at radius 2 is 0.556 bits per heavy atom. The van der Waals surface area contributed by atoms with Crippen LogP contribution in [0.1, 0.15) is 5.71 Å². The molecule has 0 N–H and O–H groups in total. The molecule has 0 saturated heterocycles. The molecule has 0 aliphatic rings. The van der Waals surface area contributed by atoms with E-state index < -0.39 is 0 Å². The van der Waals surface area contributed by atoms with Crippen LogP contribution in [0.15, 0.2) is 0 Å². The van der Waals surface area contributed by atoms with Crippen molar-refractivity contribution in [2.45, 2.75) is 0 Å². The maximum Gasteiger partial charge on any atom is 3.00 e. The molecule has 2 radical (unpaired) electrons. The molecule has 0 bridgehead atoms. The second-order valence-corrected chi connectivity index (χ2v) is 0. The third kappa shape index (κ3) is 48.1. The molecule has 0 unspecified atom stereocenters. The maximum atomic E-state index is 0. The molecular weight excluding hydrogens is 917 g/mol. The first-order valence-electron chi connectivity index (χ1n) is 0. The molecular formula is H4Ba2Ce2Gd2O3. The summed E-state index contributed by atoms with van der Waals surface area (Å²) < 4.78 is 0. The van der Waals surface area contributed by atoms with Crippen LogP contribution in [0.25, 0.3) is 0 Å². The van der Waals surface area contributed by atoms with Gasteiger partial charge in [0, 0.05) is 83.5 Å². The fraction of sp³-hybridized carbons (Fsp3) is 0. The SMILES string of the molecule is [Ba+2].[Ba+2].[Ce].[Ce].[Gd+3].[Gd+3].[H-].[H-].[H-].[H-].[O-2].[O-2].[O-2]. The van der Waals surface area contributed by atoms with Crippen LogP contribution >= 0.6 is 0 Å². The summed E-state index contributed by atoms with van der Waals surface area (Å²) in [6.07, 6.45) is 0. The quantitative estimate of drug-likeness (QED) is 0.290. The summed E-state index contributed by atoms with van der Waals surface area (Å²) in [4.78, 5) is 0. The maximum absolute atomic E-state index is 0. The van der Waals surface area contributed by atoms with Gasteiger partial charge < -0.3 is 22.1 Å². The minimum Gasteiger partial charge on any atom is -2.00 e. The zero-order chi connectivity index (χ0) is 0. The van der Waals surface area contributed by atoms with Gasteiger partial charge in [-0.2, -0.15) is 0 Å². The molecule has 0 aliphatic heterocycles. The molecule has 0 aliphatic carbocycles. The average molecular weight is 921 g/mol. The first-order chi connectivity index (χ1) is 0. The molecule has 0 aromatic rings. The van der Waals surface area contributed by atoms with Crippen LogP contribution in [-0.2, 0) is 16.4 Å². The molecule has 0 fully saturated rings. The van der Waals surface area contributed by atoms with Gasteiger partial charge in [-0.05, 0) is 0 Å². The van der Waals surface area contributed by atoms with Crippen molar-refractivity contribution in [2.75, 3.05) is 0 Å². The first kappa shape index (κ1) is 66.2. The minimum absolute atomic E-state index is 0. The van der Waals surface area contributed by atoms with Crippen molar-refractivity contribution in [3.05, 3.63) is 0 Å². The van der Waals surface area contributed by atoms with Crippen molar-refractivity contribution in [2.24, 2.45) is 0 Å². The Morgan fingerprint density at radius 1 is 0.556 bits per heavy atom. The van der Waals surface area contributed by atoms with Gasteiger partial charge in [0.25, 0.3) is 0 Å². The van der Waals surface area contributed by atoms with E-state index in [9.17, 15) is 0 Å². The van der Waals surface area contributed by atoms with Crippen LogP contribution in [0.3, 0.4) is 0 Å². The predicted octanol–water partition coefficient (Wildman–Crippen LogP) is -0.668. The second-order valence-electron chi connectivity index (χ2n) is 0. The van der Waals surface area contributed by atoms with E-state index in [0.717, 1.165) is 0 Å². The summed E-state index contributed by atoms with van der Waals surface area (Å²) >= 11 is 0. The average Bonchev–Trinajstić information content (AvgIpc) is 0. The zero-order valence-electron chi connectivity index (χ0n) is 8.35. The van der Waals surface area contributed by atoms with Crippen molar-refractivity contribution >= 4 is 97.8 Å². The van der Waals surface area contributed by atoms with E-state index in [0.29, 0.717) is 0 Å². The van der Waals surface area contributed by atoms with Crippen LogP contribution in [0.5, 0.6) is 0 Å². The normalized spacial score (nSPS) is 0. The topological polar surface area (TPSA) is 85.5 Å². The first-order valence-corrected chi connectivity index (χ1v) is 0. The number of hydrogen-bond acceptors (Lipinski definition) is 0. The van der Waals surface area contributed by atoms with Crippen LogP contribution in [0, 0.1) is 163 Å². The van der Waals surface area contributed by atoms with Gasteiger partial charge in [-0.3, -0.25) is 0 Å². The summed E-state index contributed by atoms with van der Waals surface area (Å²) in [5.41, 5.74) is 0. The fourth-order valence-electron chi connectivity index (χ4n) is 0. The molecule has 9 heavy (non-hydrogen) atoms. The molecule has 0 amide bonds. The molecule has 0 rings (SSSR count).